The van der Waals surface area contributed by atoms with Gasteiger partial charge in [0.25, 0.3) is 5.91 Å². The van der Waals surface area contributed by atoms with Crippen molar-refractivity contribution in [3.05, 3.63) is 89.6 Å². The Morgan fingerprint density at radius 3 is 2.45 bits per heavy atom. The van der Waals surface area contributed by atoms with Gasteiger partial charge in [0.1, 0.15) is 0 Å². The molecular weight excluding hydrogens is 360 g/mol. The molecule has 4 rings (SSSR count). The fraction of sp³-hybridized carbons (Fsp3) is 0.0833. The van der Waals surface area contributed by atoms with Crippen LogP contribution in [0.1, 0.15) is 21.6 Å². The summed E-state index contributed by atoms with van der Waals surface area (Å²) in [5, 5.41) is 11.5. The molecule has 0 bridgehead atoms. The van der Waals surface area contributed by atoms with Gasteiger partial charge in [-0.15, -0.1) is 0 Å². The highest BCUT2D eigenvalue weighted by molar-refractivity contribution is 6.05. The first-order chi connectivity index (χ1) is 14.1. The molecule has 0 unspecified atom stereocenters. The number of hydrogen-bond donors (Lipinski definition) is 2. The maximum Gasteiger partial charge on any atom is 0.255 e. The molecule has 0 spiro atoms. The van der Waals surface area contributed by atoms with E-state index in [2.05, 4.69) is 15.5 Å². The molecule has 1 aromatic heterocycles. The zero-order valence-corrected chi connectivity index (χ0v) is 16.4. The number of carbonyl (C=O) groups is 1. The number of rotatable bonds is 5. The predicted octanol–water partition coefficient (Wildman–Crippen LogP) is 5.05. The van der Waals surface area contributed by atoms with E-state index in [1.165, 1.54) is 0 Å². The maximum absolute atomic E-state index is 12.7. The first-order valence-corrected chi connectivity index (χ1v) is 9.41. The van der Waals surface area contributed by atoms with Crippen LogP contribution < -0.4 is 10.2 Å². The summed E-state index contributed by atoms with van der Waals surface area (Å²) in [7, 11) is 3.94. The Balaban J connectivity index is 1.56. The van der Waals surface area contributed by atoms with Crippen molar-refractivity contribution in [2.75, 3.05) is 24.3 Å². The van der Waals surface area contributed by atoms with Gasteiger partial charge in [-0.1, -0.05) is 42.5 Å². The van der Waals surface area contributed by atoms with Crippen LogP contribution >= 0.6 is 0 Å². The molecule has 29 heavy (non-hydrogen) atoms. The molecule has 0 aliphatic rings. The molecule has 0 saturated carbocycles. The van der Waals surface area contributed by atoms with E-state index in [1.807, 2.05) is 104 Å². The van der Waals surface area contributed by atoms with Crippen molar-refractivity contribution in [2.45, 2.75) is 0 Å². The lowest BCUT2D eigenvalue weighted by Gasteiger charge is -2.13. The fourth-order valence-electron chi connectivity index (χ4n) is 3.14. The third kappa shape index (κ3) is 4.04. The highest BCUT2D eigenvalue weighted by atomic mass is 16.1. The van der Waals surface area contributed by atoms with E-state index in [0.717, 1.165) is 33.5 Å². The van der Waals surface area contributed by atoms with Crippen molar-refractivity contribution in [1.82, 2.24) is 10.2 Å². The van der Waals surface area contributed by atoms with Gasteiger partial charge in [0.15, 0.2) is 0 Å². The molecule has 3 aromatic carbocycles. The first-order valence-electron chi connectivity index (χ1n) is 9.41. The summed E-state index contributed by atoms with van der Waals surface area (Å²) in [6.07, 6.45) is 3.92. The van der Waals surface area contributed by atoms with E-state index >= 15 is 0 Å². The van der Waals surface area contributed by atoms with Gasteiger partial charge in [-0.2, -0.15) is 5.10 Å². The van der Waals surface area contributed by atoms with Crippen LogP contribution in [0.2, 0.25) is 0 Å². The fourth-order valence-corrected chi connectivity index (χ4v) is 3.14. The number of para-hydroxylation sites is 2. The molecule has 2 N–H and O–H groups in total. The van der Waals surface area contributed by atoms with Crippen molar-refractivity contribution >= 4 is 40.3 Å². The molecule has 1 heterocycles. The van der Waals surface area contributed by atoms with Crippen LogP contribution in [0.15, 0.2) is 72.8 Å². The number of hydrogen-bond acceptors (Lipinski definition) is 3. The third-order valence-corrected chi connectivity index (χ3v) is 4.78. The molecular formula is C24H22N4O. The number of nitrogens with one attached hydrogen (secondary N) is 2. The quantitative estimate of drug-likeness (QED) is 0.508. The molecule has 0 saturated heterocycles. The number of nitrogens with zero attached hydrogens (tertiary/aromatic N) is 2. The third-order valence-electron chi connectivity index (χ3n) is 4.78. The molecule has 5 nitrogen and oxygen atoms in total. The smallest absolute Gasteiger partial charge is 0.255 e. The number of H-pyrrole nitrogens is 1. The van der Waals surface area contributed by atoms with Gasteiger partial charge < -0.3 is 10.2 Å². The molecule has 0 radical (unpaired) electrons. The van der Waals surface area contributed by atoms with Gasteiger partial charge in [0, 0.05) is 36.4 Å². The minimum Gasteiger partial charge on any atom is -0.378 e. The van der Waals surface area contributed by atoms with Crippen molar-refractivity contribution in [3.8, 4) is 0 Å². The van der Waals surface area contributed by atoms with E-state index < -0.39 is 0 Å². The number of anilines is 2. The summed E-state index contributed by atoms with van der Waals surface area (Å²) in [4.78, 5) is 14.7. The number of carbonyl (C=O) groups excluding carboxylic acids is 1. The predicted molar refractivity (Wildman–Crippen MR) is 120 cm³/mol. The minimum absolute atomic E-state index is 0.138. The summed E-state index contributed by atoms with van der Waals surface area (Å²) in [5.41, 5.74) is 5.20. The van der Waals surface area contributed by atoms with Crippen LogP contribution in [0, 0.1) is 0 Å². The van der Waals surface area contributed by atoms with Crippen LogP contribution in [-0.4, -0.2) is 30.2 Å². The molecule has 0 fully saturated rings. The van der Waals surface area contributed by atoms with Crippen LogP contribution in [0.4, 0.5) is 11.4 Å². The van der Waals surface area contributed by atoms with Gasteiger partial charge in [-0.05, 0) is 48.0 Å². The first kappa shape index (κ1) is 18.5. The second-order valence-corrected chi connectivity index (χ2v) is 6.97. The second kappa shape index (κ2) is 8.02. The van der Waals surface area contributed by atoms with Crippen LogP contribution in [-0.2, 0) is 0 Å². The lowest BCUT2D eigenvalue weighted by molar-refractivity contribution is 0.102. The van der Waals surface area contributed by atoms with Crippen LogP contribution in [0.25, 0.3) is 23.1 Å². The number of fused-ring (bicyclic) bond motifs is 1. The average Bonchev–Trinajstić information content (AvgIpc) is 3.16. The van der Waals surface area contributed by atoms with Crippen molar-refractivity contribution in [3.63, 3.8) is 0 Å². The Morgan fingerprint density at radius 2 is 1.66 bits per heavy atom. The second-order valence-electron chi connectivity index (χ2n) is 6.97. The lowest BCUT2D eigenvalue weighted by Crippen LogP contribution is -2.13. The molecule has 0 aliphatic heterocycles. The normalized spacial score (nSPS) is 11.1. The van der Waals surface area contributed by atoms with Crippen molar-refractivity contribution in [2.24, 2.45) is 0 Å². The lowest BCUT2D eigenvalue weighted by atomic mass is 10.1. The Labute approximate surface area is 169 Å². The summed E-state index contributed by atoms with van der Waals surface area (Å²) in [5.74, 6) is -0.138. The average molecular weight is 382 g/mol. The molecule has 5 heteroatoms. The standard InChI is InChI=1S/C24H22N4O/c1-28(2)19-14-11-18(12-15-19)24(29)25-21-9-5-3-7-17(21)13-16-23-20-8-4-6-10-22(20)26-27-23/h3-16H,1-2H3,(H,25,29)(H,26,27)/b16-13+. The van der Waals surface area contributed by atoms with Gasteiger partial charge in [-0.25, -0.2) is 0 Å². The SMILES string of the molecule is CN(C)c1ccc(C(=O)Nc2ccccc2/C=C/c2n[nH]c3ccccc23)cc1. The van der Waals surface area contributed by atoms with Crippen LogP contribution in [0.3, 0.4) is 0 Å². The Morgan fingerprint density at radius 1 is 0.931 bits per heavy atom. The van der Waals surface area contributed by atoms with Crippen molar-refractivity contribution < 1.29 is 4.79 Å². The van der Waals surface area contributed by atoms with Gasteiger partial charge in [0.05, 0.1) is 11.2 Å². The summed E-state index contributed by atoms with van der Waals surface area (Å²) in [6.45, 7) is 0. The summed E-state index contributed by atoms with van der Waals surface area (Å²) >= 11 is 0. The van der Waals surface area contributed by atoms with Crippen LogP contribution in [0.5, 0.6) is 0 Å². The molecule has 4 aromatic rings. The van der Waals surface area contributed by atoms with Crippen molar-refractivity contribution in [1.29, 1.82) is 0 Å². The summed E-state index contributed by atoms with van der Waals surface area (Å²) < 4.78 is 0. The van der Waals surface area contributed by atoms with Gasteiger partial charge in [-0.3, -0.25) is 9.89 Å². The zero-order valence-electron chi connectivity index (χ0n) is 16.4. The van der Waals surface area contributed by atoms with E-state index in [1.54, 1.807) is 0 Å². The molecule has 0 atom stereocenters. The van der Waals surface area contributed by atoms with E-state index in [-0.39, 0.29) is 5.91 Å². The Bertz CT molecular complexity index is 1170. The van der Waals surface area contributed by atoms with E-state index in [4.69, 9.17) is 0 Å². The highest BCUT2D eigenvalue weighted by Crippen LogP contribution is 2.22. The highest BCUT2D eigenvalue weighted by Gasteiger charge is 2.09. The van der Waals surface area contributed by atoms with Gasteiger partial charge in [0.2, 0.25) is 0 Å². The Hall–Kier alpha value is -3.86. The molecule has 144 valence electrons. The number of benzene rings is 3. The number of aromatic nitrogens is 2. The summed E-state index contributed by atoms with van der Waals surface area (Å²) in [6, 6.07) is 23.2. The number of amides is 1. The zero-order chi connectivity index (χ0) is 20.2. The topological polar surface area (TPSA) is 61.0 Å². The van der Waals surface area contributed by atoms with Gasteiger partial charge >= 0.3 is 0 Å². The maximum atomic E-state index is 12.7. The molecule has 0 aliphatic carbocycles. The molecule has 1 amide bonds. The Kier molecular flexibility index (Phi) is 5.12. The minimum atomic E-state index is -0.138. The monoisotopic (exact) mass is 382 g/mol. The number of aromatic amines is 1. The van der Waals surface area contributed by atoms with E-state index in [9.17, 15) is 4.79 Å². The largest absolute Gasteiger partial charge is 0.378 e. The van der Waals surface area contributed by atoms with E-state index in [0.29, 0.717) is 5.56 Å².